The summed E-state index contributed by atoms with van der Waals surface area (Å²) in [5.74, 6) is 0. The summed E-state index contributed by atoms with van der Waals surface area (Å²) in [4.78, 5) is 6.57. The van der Waals surface area contributed by atoms with Crippen molar-refractivity contribution in [2.24, 2.45) is 0 Å². The summed E-state index contributed by atoms with van der Waals surface area (Å²) in [7, 11) is 0. The van der Waals surface area contributed by atoms with Crippen molar-refractivity contribution in [3.63, 3.8) is 0 Å². The van der Waals surface area contributed by atoms with Crippen LogP contribution in [0.15, 0.2) is 48.8 Å². The molecule has 0 spiro atoms. The number of benzene rings is 1. The number of morpholine rings is 1. The Hall–Kier alpha value is -2.07. The maximum Gasteiger partial charge on any atom is 0.0642 e. The van der Waals surface area contributed by atoms with E-state index >= 15 is 0 Å². The van der Waals surface area contributed by atoms with E-state index in [1.54, 1.807) is 6.20 Å². The molecule has 1 saturated heterocycles. The lowest BCUT2D eigenvalue weighted by molar-refractivity contribution is 0.123. The maximum atomic E-state index is 5.44. The summed E-state index contributed by atoms with van der Waals surface area (Å²) in [5.41, 5.74) is 3.60. The molecule has 0 saturated carbocycles. The number of hydrogen-bond acceptors (Lipinski definition) is 4. The van der Waals surface area contributed by atoms with E-state index in [4.69, 9.17) is 4.74 Å². The molecule has 21 heavy (non-hydrogen) atoms. The first-order valence-corrected chi connectivity index (χ1v) is 7.43. The lowest BCUT2D eigenvalue weighted by Crippen LogP contribution is -2.36. The van der Waals surface area contributed by atoms with Crippen LogP contribution in [-0.4, -0.2) is 31.3 Å². The molecule has 4 heteroatoms. The van der Waals surface area contributed by atoms with Crippen LogP contribution in [0.4, 0.5) is 11.4 Å². The van der Waals surface area contributed by atoms with Gasteiger partial charge in [-0.1, -0.05) is 18.2 Å². The van der Waals surface area contributed by atoms with Gasteiger partial charge in [0, 0.05) is 25.5 Å². The predicted octanol–water partition coefficient (Wildman–Crippen LogP) is 3.09. The van der Waals surface area contributed by atoms with Gasteiger partial charge in [0.1, 0.15) is 0 Å². The lowest BCUT2D eigenvalue weighted by Gasteiger charge is -2.31. The maximum absolute atomic E-state index is 5.44. The topological polar surface area (TPSA) is 37.4 Å². The minimum absolute atomic E-state index is 0.223. The summed E-state index contributed by atoms with van der Waals surface area (Å²) in [6.45, 7) is 5.64. The predicted molar refractivity (Wildman–Crippen MR) is 85.7 cm³/mol. The first kappa shape index (κ1) is 13.9. The van der Waals surface area contributed by atoms with E-state index in [1.165, 1.54) is 11.3 Å². The summed E-state index contributed by atoms with van der Waals surface area (Å²) in [6.07, 6.45) is 3.72. The highest BCUT2D eigenvalue weighted by atomic mass is 16.5. The molecular formula is C17H21N3O. The van der Waals surface area contributed by atoms with E-state index in [2.05, 4.69) is 52.5 Å². The SMILES string of the molecule is CC(Nc1ccccc1N1CCOCC1)c1cccnc1. The molecule has 1 aliphatic rings. The number of ether oxygens (including phenoxy) is 1. The average molecular weight is 283 g/mol. The Morgan fingerprint density at radius 2 is 1.95 bits per heavy atom. The van der Waals surface area contributed by atoms with Crippen molar-refractivity contribution in [3.8, 4) is 0 Å². The molecule has 1 aromatic carbocycles. The summed E-state index contributed by atoms with van der Waals surface area (Å²) < 4.78 is 5.44. The largest absolute Gasteiger partial charge is 0.378 e. The third kappa shape index (κ3) is 3.34. The molecule has 1 fully saturated rings. The van der Waals surface area contributed by atoms with Crippen LogP contribution in [0, 0.1) is 0 Å². The minimum atomic E-state index is 0.223. The Morgan fingerprint density at radius 3 is 2.71 bits per heavy atom. The molecule has 0 radical (unpaired) electrons. The van der Waals surface area contributed by atoms with E-state index in [1.807, 2.05) is 12.3 Å². The molecule has 2 aromatic rings. The van der Waals surface area contributed by atoms with Gasteiger partial charge in [-0.2, -0.15) is 0 Å². The Labute approximate surface area is 125 Å². The van der Waals surface area contributed by atoms with Crippen molar-refractivity contribution >= 4 is 11.4 Å². The van der Waals surface area contributed by atoms with Crippen molar-refractivity contribution < 1.29 is 4.74 Å². The first-order chi connectivity index (χ1) is 10.3. The quantitative estimate of drug-likeness (QED) is 0.935. The Bertz CT molecular complexity index is 567. The molecule has 1 atom stereocenters. The number of pyridine rings is 1. The van der Waals surface area contributed by atoms with Crippen LogP contribution >= 0.6 is 0 Å². The summed E-state index contributed by atoms with van der Waals surface area (Å²) in [6, 6.07) is 12.8. The number of rotatable bonds is 4. The van der Waals surface area contributed by atoms with Crippen molar-refractivity contribution in [2.75, 3.05) is 36.5 Å². The van der Waals surface area contributed by atoms with Gasteiger partial charge >= 0.3 is 0 Å². The fraction of sp³-hybridized carbons (Fsp3) is 0.353. The van der Waals surface area contributed by atoms with Crippen LogP contribution < -0.4 is 10.2 Å². The van der Waals surface area contributed by atoms with Crippen LogP contribution in [0.2, 0.25) is 0 Å². The zero-order chi connectivity index (χ0) is 14.5. The summed E-state index contributed by atoms with van der Waals surface area (Å²) in [5, 5.41) is 3.60. The highest BCUT2D eigenvalue weighted by Gasteiger charge is 2.15. The lowest BCUT2D eigenvalue weighted by atomic mass is 10.1. The molecule has 0 aliphatic carbocycles. The molecule has 1 aromatic heterocycles. The zero-order valence-electron chi connectivity index (χ0n) is 12.3. The Balaban J connectivity index is 1.79. The smallest absolute Gasteiger partial charge is 0.0642 e. The standard InChI is InChI=1S/C17H21N3O/c1-14(15-5-4-8-18-13-15)19-16-6-2-3-7-17(16)20-9-11-21-12-10-20/h2-8,13-14,19H,9-12H2,1H3. The van der Waals surface area contributed by atoms with Gasteiger partial charge in [-0.15, -0.1) is 0 Å². The molecule has 3 rings (SSSR count). The van der Waals surface area contributed by atoms with Gasteiger partial charge in [-0.05, 0) is 30.7 Å². The number of para-hydroxylation sites is 2. The second kappa shape index (κ2) is 6.59. The molecule has 1 N–H and O–H groups in total. The molecule has 110 valence electrons. The van der Waals surface area contributed by atoms with E-state index in [0.717, 1.165) is 32.0 Å². The van der Waals surface area contributed by atoms with Gasteiger partial charge in [-0.3, -0.25) is 4.98 Å². The molecule has 4 nitrogen and oxygen atoms in total. The average Bonchev–Trinajstić information content (AvgIpc) is 2.57. The monoisotopic (exact) mass is 283 g/mol. The van der Waals surface area contributed by atoms with E-state index < -0.39 is 0 Å². The molecule has 0 bridgehead atoms. The van der Waals surface area contributed by atoms with Crippen molar-refractivity contribution in [1.82, 2.24) is 4.98 Å². The van der Waals surface area contributed by atoms with Crippen molar-refractivity contribution in [1.29, 1.82) is 0 Å². The highest BCUT2D eigenvalue weighted by molar-refractivity contribution is 5.70. The van der Waals surface area contributed by atoms with Gasteiger partial charge in [-0.25, -0.2) is 0 Å². The van der Waals surface area contributed by atoms with Gasteiger partial charge in [0.25, 0.3) is 0 Å². The third-order valence-corrected chi connectivity index (χ3v) is 3.81. The third-order valence-electron chi connectivity index (χ3n) is 3.81. The molecule has 0 amide bonds. The fourth-order valence-corrected chi connectivity index (χ4v) is 2.62. The first-order valence-electron chi connectivity index (χ1n) is 7.43. The van der Waals surface area contributed by atoms with Crippen LogP contribution in [0.25, 0.3) is 0 Å². The molecule has 1 aliphatic heterocycles. The highest BCUT2D eigenvalue weighted by Crippen LogP contribution is 2.29. The van der Waals surface area contributed by atoms with Gasteiger partial charge in [0.05, 0.1) is 30.6 Å². The number of aromatic nitrogens is 1. The molecular weight excluding hydrogens is 262 g/mol. The molecule has 2 heterocycles. The van der Waals surface area contributed by atoms with Gasteiger partial charge in [0.2, 0.25) is 0 Å². The number of nitrogens with zero attached hydrogens (tertiary/aromatic N) is 2. The zero-order valence-corrected chi connectivity index (χ0v) is 12.3. The van der Waals surface area contributed by atoms with Crippen LogP contribution in [0.3, 0.4) is 0 Å². The van der Waals surface area contributed by atoms with Crippen LogP contribution in [0.1, 0.15) is 18.5 Å². The fourth-order valence-electron chi connectivity index (χ4n) is 2.62. The number of nitrogens with one attached hydrogen (secondary N) is 1. The van der Waals surface area contributed by atoms with Gasteiger partial charge < -0.3 is 15.0 Å². The van der Waals surface area contributed by atoms with Crippen molar-refractivity contribution in [3.05, 3.63) is 54.4 Å². The molecule has 1 unspecified atom stereocenters. The number of anilines is 2. The second-order valence-electron chi connectivity index (χ2n) is 5.27. The van der Waals surface area contributed by atoms with E-state index in [0.29, 0.717) is 0 Å². The van der Waals surface area contributed by atoms with Crippen LogP contribution in [-0.2, 0) is 4.74 Å². The van der Waals surface area contributed by atoms with Crippen molar-refractivity contribution in [2.45, 2.75) is 13.0 Å². The summed E-state index contributed by atoms with van der Waals surface area (Å²) >= 11 is 0. The Kier molecular flexibility index (Phi) is 4.36. The van der Waals surface area contributed by atoms with Gasteiger partial charge in [0.15, 0.2) is 0 Å². The van der Waals surface area contributed by atoms with E-state index in [-0.39, 0.29) is 6.04 Å². The van der Waals surface area contributed by atoms with E-state index in [9.17, 15) is 0 Å². The van der Waals surface area contributed by atoms with Crippen LogP contribution in [0.5, 0.6) is 0 Å². The number of hydrogen-bond donors (Lipinski definition) is 1. The second-order valence-corrected chi connectivity index (χ2v) is 5.27. The normalized spacial score (nSPS) is 16.5. The Morgan fingerprint density at radius 1 is 1.14 bits per heavy atom. The minimum Gasteiger partial charge on any atom is -0.378 e.